The molecule has 1 aromatic heterocycles. The molecule has 0 fully saturated rings. The molecule has 0 saturated carbocycles. The second-order valence-electron chi connectivity index (χ2n) is 25.3. The van der Waals surface area contributed by atoms with E-state index in [2.05, 4.69) is 238 Å². The van der Waals surface area contributed by atoms with E-state index in [1.165, 1.54) is 33.4 Å². The molecule has 0 radical (unpaired) electrons. The highest BCUT2D eigenvalue weighted by Crippen LogP contribution is 2.66. The lowest BCUT2D eigenvalue weighted by Gasteiger charge is -2.33. The van der Waals surface area contributed by atoms with Crippen LogP contribution in [0.1, 0.15) is 128 Å². The van der Waals surface area contributed by atoms with Crippen LogP contribution < -0.4 is 9.80 Å². The Balaban J connectivity index is 1.19. The Labute approximate surface area is 447 Å². The lowest BCUT2D eigenvalue weighted by Crippen LogP contribution is -2.26. The average Bonchev–Trinajstić information content (AvgIpc) is 4.17. The molecule has 0 N–H and O–H groups in total. The Morgan fingerprint density at radius 2 is 0.829 bits per heavy atom. The Morgan fingerprint density at radius 3 is 1.34 bits per heavy atom. The molecule has 0 atom stereocenters. The van der Waals surface area contributed by atoms with Crippen molar-refractivity contribution in [1.29, 1.82) is 0 Å². The van der Waals surface area contributed by atoms with E-state index in [1.54, 1.807) is 12.1 Å². The monoisotopic (exact) mass is 1000 g/mol. The maximum Gasteiger partial charge on any atom is 0.160 e. The average molecular weight is 1000 g/mol. The van der Waals surface area contributed by atoms with Crippen molar-refractivity contribution in [1.82, 2.24) is 0 Å². The van der Waals surface area contributed by atoms with E-state index in [1.807, 2.05) is 24.3 Å². The molecule has 2 aliphatic carbocycles. The molecule has 1 spiro atoms. The number of anilines is 6. The highest BCUT2D eigenvalue weighted by atomic mass is 19.1. The number of furan rings is 1. The zero-order valence-corrected chi connectivity index (χ0v) is 45.9. The number of benzene rings is 9. The minimum Gasteiger partial charge on any atom is -0.454 e. The summed E-state index contributed by atoms with van der Waals surface area (Å²) < 4.78 is 40.7. The molecule has 0 bridgehead atoms. The molecule has 1 heterocycles. The van der Waals surface area contributed by atoms with Crippen LogP contribution in [0.25, 0.3) is 44.2 Å². The molecule has 0 unspecified atom stereocenters. The van der Waals surface area contributed by atoms with Crippen molar-refractivity contribution in [3.8, 4) is 22.3 Å². The molecule has 0 saturated heterocycles. The lowest BCUT2D eigenvalue weighted by atomic mass is 9.70. The fourth-order valence-corrected chi connectivity index (χ4v) is 12.4. The molecule has 10 aromatic rings. The van der Waals surface area contributed by atoms with Crippen LogP contribution in [0.5, 0.6) is 0 Å². The van der Waals surface area contributed by atoms with E-state index >= 15 is 8.78 Å². The smallest absolute Gasteiger partial charge is 0.160 e. The van der Waals surface area contributed by atoms with Gasteiger partial charge in [-0.1, -0.05) is 192 Å². The van der Waals surface area contributed by atoms with Gasteiger partial charge in [0.1, 0.15) is 17.2 Å². The van der Waals surface area contributed by atoms with Crippen LogP contribution >= 0.6 is 0 Å². The van der Waals surface area contributed by atoms with Crippen molar-refractivity contribution in [3.63, 3.8) is 0 Å². The van der Waals surface area contributed by atoms with Crippen LogP contribution in [0.3, 0.4) is 0 Å². The minimum absolute atomic E-state index is 0.0598. The molecule has 12 rings (SSSR count). The van der Waals surface area contributed by atoms with Crippen LogP contribution in [0.2, 0.25) is 0 Å². The third kappa shape index (κ3) is 7.63. The maximum atomic E-state index is 16.8. The van der Waals surface area contributed by atoms with Gasteiger partial charge in [-0.25, -0.2) is 8.78 Å². The first-order valence-corrected chi connectivity index (χ1v) is 26.8. The number of fused-ring (bicyclic) bond motifs is 14. The molecular formula is C71H66F2N2O. The predicted molar refractivity (Wildman–Crippen MR) is 314 cm³/mol. The standard InChI is InChI=1S/C71H66F2N2O/c1-67(2,3)43-25-29-45(30-26-43)74(48-34-37-56(60(72)40-48)69(7,8)9)47-33-36-52-58(39-47)71(54-22-16-13-19-50(54)51-20-14-17-23-55(51)71)59-42-62(66-65(64(52)59)53-21-15-18-24-63(53)76-66)75(46-31-27-44(28-32-46)68(4,5)6)49-35-38-57(61(73)41-49)70(10,11)12/h13-42H,1-12H3. The summed E-state index contributed by atoms with van der Waals surface area (Å²) >= 11 is 0. The molecule has 9 aromatic carbocycles. The Morgan fingerprint density at radius 1 is 0.382 bits per heavy atom. The Bertz CT molecular complexity index is 3900. The van der Waals surface area contributed by atoms with Gasteiger partial charge in [0.2, 0.25) is 0 Å². The van der Waals surface area contributed by atoms with Gasteiger partial charge >= 0.3 is 0 Å². The molecule has 0 aliphatic heterocycles. The van der Waals surface area contributed by atoms with Crippen LogP contribution in [0.4, 0.5) is 42.9 Å². The van der Waals surface area contributed by atoms with Crippen LogP contribution in [0, 0.1) is 11.6 Å². The zero-order chi connectivity index (χ0) is 53.4. The second kappa shape index (κ2) is 17.1. The summed E-state index contributed by atoms with van der Waals surface area (Å²) in [6, 6.07) is 64.0. The maximum absolute atomic E-state index is 16.8. The SMILES string of the molecule is CC(C)(C)c1ccc(N(c2ccc(C(C)(C)C)c(F)c2)c2ccc3c(c2)C2(c4ccccc4-c4ccccc42)c2cc(N(c4ccc(C(C)(C)C)cc4)c4ccc(C(C)(C)C)c(F)c4)c4oc5ccccc5c4c2-3)cc1. The van der Waals surface area contributed by atoms with E-state index in [0.717, 1.165) is 67.0 Å². The Kier molecular flexibility index (Phi) is 11.1. The number of nitrogens with zero attached hydrogens (tertiary/aromatic N) is 2. The number of halogens is 2. The fourth-order valence-electron chi connectivity index (χ4n) is 12.4. The summed E-state index contributed by atoms with van der Waals surface area (Å²) in [5, 5.41) is 1.99. The summed E-state index contributed by atoms with van der Waals surface area (Å²) in [5.41, 5.74) is 17.5. The van der Waals surface area contributed by atoms with Gasteiger partial charge in [0.15, 0.2) is 5.58 Å². The molecule has 76 heavy (non-hydrogen) atoms. The van der Waals surface area contributed by atoms with Crippen molar-refractivity contribution in [2.45, 2.75) is 110 Å². The van der Waals surface area contributed by atoms with Gasteiger partial charge in [0, 0.05) is 39.2 Å². The highest BCUT2D eigenvalue weighted by Gasteiger charge is 2.53. The van der Waals surface area contributed by atoms with Crippen LogP contribution in [-0.4, -0.2) is 0 Å². The molecule has 2 aliphatic rings. The van der Waals surface area contributed by atoms with Gasteiger partial charge < -0.3 is 14.2 Å². The first kappa shape index (κ1) is 49.1. The highest BCUT2D eigenvalue weighted by molar-refractivity contribution is 6.20. The molecular weight excluding hydrogens is 935 g/mol. The van der Waals surface area contributed by atoms with Crippen LogP contribution in [0.15, 0.2) is 186 Å². The van der Waals surface area contributed by atoms with Crippen molar-refractivity contribution in [3.05, 3.63) is 238 Å². The van der Waals surface area contributed by atoms with Crippen molar-refractivity contribution >= 4 is 56.1 Å². The first-order valence-electron chi connectivity index (χ1n) is 26.8. The number of hydrogen-bond donors (Lipinski definition) is 0. The molecule has 5 heteroatoms. The van der Waals surface area contributed by atoms with Gasteiger partial charge in [-0.05, 0) is 161 Å². The lowest BCUT2D eigenvalue weighted by molar-refractivity contribution is 0.522. The van der Waals surface area contributed by atoms with E-state index < -0.39 is 10.8 Å². The normalized spacial score (nSPS) is 13.8. The van der Waals surface area contributed by atoms with Crippen molar-refractivity contribution in [2.24, 2.45) is 0 Å². The number of rotatable bonds is 6. The third-order valence-electron chi connectivity index (χ3n) is 16.2. The first-order chi connectivity index (χ1) is 36.0. The Hall–Kier alpha value is -7.76. The van der Waals surface area contributed by atoms with Crippen LogP contribution in [-0.2, 0) is 27.1 Å². The number of para-hydroxylation sites is 1. The van der Waals surface area contributed by atoms with E-state index in [4.69, 9.17) is 4.42 Å². The number of hydrogen-bond acceptors (Lipinski definition) is 3. The van der Waals surface area contributed by atoms with Gasteiger partial charge in [-0.2, -0.15) is 0 Å². The minimum atomic E-state index is -0.832. The summed E-state index contributed by atoms with van der Waals surface area (Å²) in [4.78, 5) is 4.40. The summed E-state index contributed by atoms with van der Waals surface area (Å²) in [5.74, 6) is -0.499. The fraction of sp³-hybridized carbons (Fsp3) is 0.239. The second-order valence-corrected chi connectivity index (χ2v) is 25.3. The van der Waals surface area contributed by atoms with Gasteiger partial charge in [-0.15, -0.1) is 0 Å². The molecule has 3 nitrogen and oxygen atoms in total. The predicted octanol–water partition coefficient (Wildman–Crippen LogP) is 20.3. The topological polar surface area (TPSA) is 19.6 Å². The zero-order valence-electron chi connectivity index (χ0n) is 45.9. The quantitative estimate of drug-likeness (QED) is 0.165. The largest absolute Gasteiger partial charge is 0.454 e. The summed E-state index contributed by atoms with van der Waals surface area (Å²) in [6.45, 7) is 25.7. The van der Waals surface area contributed by atoms with Crippen molar-refractivity contribution in [2.75, 3.05) is 9.80 Å². The van der Waals surface area contributed by atoms with Gasteiger partial charge in [-0.3, -0.25) is 0 Å². The third-order valence-corrected chi connectivity index (χ3v) is 16.2. The molecule has 380 valence electrons. The molecule has 0 amide bonds. The van der Waals surface area contributed by atoms with E-state index in [-0.39, 0.29) is 27.9 Å². The van der Waals surface area contributed by atoms with E-state index in [0.29, 0.717) is 22.4 Å². The van der Waals surface area contributed by atoms with Crippen molar-refractivity contribution < 1.29 is 13.2 Å². The summed E-state index contributed by atoms with van der Waals surface area (Å²) in [6.07, 6.45) is 0. The van der Waals surface area contributed by atoms with Gasteiger partial charge in [0.05, 0.1) is 11.1 Å². The summed E-state index contributed by atoms with van der Waals surface area (Å²) in [7, 11) is 0. The van der Waals surface area contributed by atoms with E-state index in [9.17, 15) is 0 Å². The van der Waals surface area contributed by atoms with Gasteiger partial charge in [0.25, 0.3) is 0 Å².